The van der Waals surface area contributed by atoms with E-state index in [0.717, 1.165) is 15.9 Å². The van der Waals surface area contributed by atoms with Crippen LogP contribution in [-0.2, 0) is 0 Å². The van der Waals surface area contributed by atoms with E-state index in [4.69, 9.17) is 0 Å². The molecule has 0 bridgehead atoms. The molecule has 2 N–H and O–H groups in total. The number of halogens is 1. The van der Waals surface area contributed by atoms with Gasteiger partial charge < -0.3 is 10.3 Å². The van der Waals surface area contributed by atoms with Crippen LogP contribution >= 0.6 is 23.7 Å². The maximum Gasteiger partial charge on any atom is 0.250 e. The van der Waals surface area contributed by atoms with Crippen LogP contribution in [0.1, 0.15) is 13.8 Å². The summed E-state index contributed by atoms with van der Waals surface area (Å²) in [6.45, 7) is 4.11. The van der Waals surface area contributed by atoms with Gasteiger partial charge in [-0.1, -0.05) is 0 Å². The highest BCUT2D eigenvalue weighted by atomic mass is 35.5. The number of fused-ring (bicyclic) bond motifs is 1. The van der Waals surface area contributed by atoms with E-state index in [-0.39, 0.29) is 18.0 Å². The number of thiophene rings is 1. The van der Waals surface area contributed by atoms with E-state index < -0.39 is 0 Å². The zero-order valence-electron chi connectivity index (χ0n) is 8.53. The smallest absolute Gasteiger partial charge is 0.250 e. The molecule has 2 aromatic rings. The first-order chi connectivity index (χ1) is 6.66. The Morgan fingerprint density at radius 3 is 2.87 bits per heavy atom. The Bertz CT molecular complexity index is 503. The highest BCUT2D eigenvalue weighted by molar-refractivity contribution is 7.17. The van der Waals surface area contributed by atoms with Gasteiger partial charge in [0, 0.05) is 12.1 Å². The highest BCUT2D eigenvalue weighted by Gasteiger charge is 2.04. The normalized spacial score (nSPS) is 10.3. The highest BCUT2D eigenvalue weighted by Crippen LogP contribution is 2.25. The standard InChI is InChI=1S/C10H12N2OS.ClH/c1-6(2)11-8-5-9(13)12-7-3-4-14-10(7)8;/h3-6H,1-2H3,(H2,11,12,13);1H. The molecule has 15 heavy (non-hydrogen) atoms. The van der Waals surface area contributed by atoms with Gasteiger partial charge in [0.25, 0.3) is 5.56 Å². The van der Waals surface area contributed by atoms with Crippen molar-refractivity contribution >= 4 is 39.6 Å². The Hall–Kier alpha value is -1.00. The van der Waals surface area contributed by atoms with E-state index >= 15 is 0 Å². The van der Waals surface area contributed by atoms with Gasteiger partial charge in [-0.15, -0.1) is 23.7 Å². The third kappa shape index (κ3) is 2.52. The van der Waals surface area contributed by atoms with Crippen molar-refractivity contribution in [2.45, 2.75) is 19.9 Å². The topological polar surface area (TPSA) is 44.9 Å². The lowest BCUT2D eigenvalue weighted by Gasteiger charge is -2.09. The van der Waals surface area contributed by atoms with Crippen molar-refractivity contribution in [2.24, 2.45) is 0 Å². The molecule has 2 rings (SSSR count). The number of hydrogen-bond donors (Lipinski definition) is 2. The molecule has 0 saturated heterocycles. The lowest BCUT2D eigenvalue weighted by molar-refractivity contribution is 0.901. The summed E-state index contributed by atoms with van der Waals surface area (Å²) >= 11 is 1.63. The second-order valence-corrected chi connectivity index (χ2v) is 4.43. The Kier molecular flexibility index (Phi) is 3.77. The van der Waals surface area contributed by atoms with Gasteiger partial charge in [-0.2, -0.15) is 0 Å². The van der Waals surface area contributed by atoms with Crippen molar-refractivity contribution in [3.63, 3.8) is 0 Å². The number of nitrogens with one attached hydrogen (secondary N) is 2. The fourth-order valence-electron chi connectivity index (χ4n) is 1.40. The first kappa shape index (κ1) is 12.1. The van der Waals surface area contributed by atoms with Gasteiger partial charge >= 0.3 is 0 Å². The first-order valence-electron chi connectivity index (χ1n) is 4.54. The van der Waals surface area contributed by atoms with Gasteiger partial charge in [0.15, 0.2) is 0 Å². The molecule has 0 aromatic carbocycles. The van der Waals surface area contributed by atoms with Crippen LogP contribution in [0.5, 0.6) is 0 Å². The summed E-state index contributed by atoms with van der Waals surface area (Å²) in [7, 11) is 0. The van der Waals surface area contributed by atoms with Crippen molar-refractivity contribution in [1.29, 1.82) is 0 Å². The van der Waals surface area contributed by atoms with Crippen LogP contribution in [0.25, 0.3) is 10.2 Å². The first-order valence-corrected chi connectivity index (χ1v) is 5.42. The van der Waals surface area contributed by atoms with Crippen LogP contribution in [0.2, 0.25) is 0 Å². The lowest BCUT2D eigenvalue weighted by Crippen LogP contribution is -2.13. The van der Waals surface area contributed by atoms with E-state index in [1.54, 1.807) is 17.4 Å². The molecule has 0 aliphatic rings. The van der Waals surface area contributed by atoms with Gasteiger partial charge in [-0.05, 0) is 25.3 Å². The minimum atomic E-state index is -0.0564. The molecular weight excluding hydrogens is 232 g/mol. The molecule has 0 spiro atoms. The molecule has 3 nitrogen and oxygen atoms in total. The van der Waals surface area contributed by atoms with Crippen LogP contribution in [-0.4, -0.2) is 11.0 Å². The van der Waals surface area contributed by atoms with Crippen molar-refractivity contribution in [2.75, 3.05) is 5.32 Å². The van der Waals surface area contributed by atoms with E-state index in [0.29, 0.717) is 6.04 Å². The molecule has 0 atom stereocenters. The van der Waals surface area contributed by atoms with Gasteiger partial charge in [0.2, 0.25) is 0 Å². The summed E-state index contributed by atoms with van der Waals surface area (Å²) in [6.07, 6.45) is 0. The van der Waals surface area contributed by atoms with Crippen LogP contribution in [0.3, 0.4) is 0 Å². The van der Waals surface area contributed by atoms with E-state index in [1.165, 1.54) is 0 Å². The largest absolute Gasteiger partial charge is 0.382 e. The molecule has 0 radical (unpaired) electrons. The van der Waals surface area contributed by atoms with Crippen molar-refractivity contribution in [1.82, 2.24) is 4.98 Å². The monoisotopic (exact) mass is 244 g/mol. The predicted molar refractivity (Wildman–Crippen MR) is 68.5 cm³/mol. The molecule has 0 amide bonds. The minimum Gasteiger partial charge on any atom is -0.382 e. The summed E-state index contributed by atoms with van der Waals surface area (Å²) in [5.74, 6) is 0. The zero-order valence-corrected chi connectivity index (χ0v) is 10.2. The molecule has 0 aliphatic carbocycles. The number of aromatic amines is 1. The molecule has 0 saturated carbocycles. The zero-order chi connectivity index (χ0) is 10.1. The second-order valence-electron chi connectivity index (χ2n) is 3.51. The summed E-state index contributed by atoms with van der Waals surface area (Å²) in [4.78, 5) is 14.1. The fourth-order valence-corrected chi connectivity index (χ4v) is 2.23. The van der Waals surface area contributed by atoms with Crippen molar-refractivity contribution in [3.8, 4) is 0 Å². The van der Waals surface area contributed by atoms with Crippen LogP contribution in [0.15, 0.2) is 22.3 Å². The number of hydrogen-bond acceptors (Lipinski definition) is 3. The van der Waals surface area contributed by atoms with Gasteiger partial charge in [0.1, 0.15) is 0 Å². The Balaban J connectivity index is 0.00000112. The number of rotatable bonds is 2. The average Bonchev–Trinajstić information content (AvgIpc) is 2.50. The Morgan fingerprint density at radius 2 is 2.20 bits per heavy atom. The lowest BCUT2D eigenvalue weighted by atomic mass is 10.3. The summed E-state index contributed by atoms with van der Waals surface area (Å²) in [6, 6.07) is 3.87. The molecule has 5 heteroatoms. The second kappa shape index (κ2) is 4.68. The number of H-pyrrole nitrogens is 1. The third-order valence-electron chi connectivity index (χ3n) is 1.89. The van der Waals surface area contributed by atoms with Crippen molar-refractivity contribution in [3.05, 3.63) is 27.9 Å². The Labute approximate surface area is 97.9 Å². The molecule has 0 aliphatic heterocycles. The minimum absolute atomic E-state index is 0. The molecule has 0 unspecified atom stereocenters. The van der Waals surface area contributed by atoms with E-state index in [9.17, 15) is 4.79 Å². The Morgan fingerprint density at radius 1 is 1.47 bits per heavy atom. The average molecular weight is 245 g/mol. The molecule has 0 fully saturated rings. The van der Waals surface area contributed by atoms with Gasteiger partial charge in [-0.25, -0.2) is 0 Å². The maximum absolute atomic E-state index is 11.3. The maximum atomic E-state index is 11.3. The number of aromatic nitrogens is 1. The van der Waals surface area contributed by atoms with Crippen LogP contribution < -0.4 is 10.9 Å². The number of anilines is 1. The molecule has 2 heterocycles. The molecule has 2 aromatic heterocycles. The summed E-state index contributed by atoms with van der Waals surface area (Å²) in [5, 5.41) is 5.24. The predicted octanol–water partition coefficient (Wildman–Crippen LogP) is 2.83. The molecule has 82 valence electrons. The van der Waals surface area contributed by atoms with Crippen molar-refractivity contribution < 1.29 is 0 Å². The fraction of sp³-hybridized carbons (Fsp3) is 0.300. The quantitative estimate of drug-likeness (QED) is 0.853. The van der Waals surface area contributed by atoms with Gasteiger partial charge in [-0.3, -0.25) is 4.79 Å². The van der Waals surface area contributed by atoms with Gasteiger partial charge in [0.05, 0.1) is 15.9 Å². The third-order valence-corrected chi connectivity index (χ3v) is 2.84. The molecular formula is C10H13ClN2OS. The number of pyridine rings is 1. The van der Waals surface area contributed by atoms with E-state index in [1.807, 2.05) is 11.4 Å². The summed E-state index contributed by atoms with van der Waals surface area (Å²) in [5.41, 5.74) is 1.78. The van der Waals surface area contributed by atoms with E-state index in [2.05, 4.69) is 24.1 Å². The SMILES string of the molecule is CC(C)Nc1cc(=O)[nH]c2ccsc12.Cl. The summed E-state index contributed by atoms with van der Waals surface area (Å²) < 4.78 is 1.11. The van der Waals surface area contributed by atoms with Crippen LogP contribution in [0.4, 0.5) is 5.69 Å². The van der Waals surface area contributed by atoms with Crippen LogP contribution in [0, 0.1) is 0 Å².